The van der Waals surface area contributed by atoms with Crippen LogP contribution in [0.5, 0.6) is 11.5 Å². The van der Waals surface area contributed by atoms with Crippen molar-refractivity contribution < 1.29 is 13.6 Å². The molecule has 2 aliphatic rings. The van der Waals surface area contributed by atoms with E-state index in [0.29, 0.717) is 11.8 Å². The largest absolute Gasteiger partial charge is 0.457 e. The van der Waals surface area contributed by atoms with Crippen LogP contribution >= 0.6 is 0 Å². The molecule has 0 fully saturated rings. The summed E-state index contributed by atoms with van der Waals surface area (Å²) in [6, 6.07) is 63.5. The van der Waals surface area contributed by atoms with Crippen LogP contribution in [-0.2, 0) is 5.41 Å². The number of ether oxygens (including phenoxy) is 1. The van der Waals surface area contributed by atoms with E-state index in [1.165, 1.54) is 22.3 Å². The Morgan fingerprint density at radius 2 is 0.821 bits per heavy atom. The lowest BCUT2D eigenvalue weighted by molar-refractivity contribution is 0.436. The van der Waals surface area contributed by atoms with Crippen LogP contribution in [0, 0.1) is 0 Å². The van der Waals surface area contributed by atoms with Crippen molar-refractivity contribution in [3.63, 3.8) is 0 Å². The van der Waals surface area contributed by atoms with Crippen LogP contribution in [0.15, 0.2) is 191 Å². The summed E-state index contributed by atoms with van der Waals surface area (Å²) in [5.74, 6) is 2.87. The Morgan fingerprint density at radius 1 is 0.339 bits per heavy atom. The van der Waals surface area contributed by atoms with E-state index in [1.54, 1.807) is 0 Å². The maximum Gasteiger partial charge on any atom is 0.227 e. The van der Waals surface area contributed by atoms with E-state index in [-0.39, 0.29) is 0 Å². The molecule has 0 saturated carbocycles. The topological polar surface area (TPSA) is 61.3 Å². The molecule has 0 unspecified atom stereocenters. The fraction of sp³-hybridized carbons (Fsp3) is 0.0196. The first kappa shape index (κ1) is 30.9. The molecule has 56 heavy (non-hydrogen) atoms. The van der Waals surface area contributed by atoms with Crippen molar-refractivity contribution in [2.75, 3.05) is 0 Å². The first-order valence-electron chi connectivity index (χ1n) is 18.8. The summed E-state index contributed by atoms with van der Waals surface area (Å²) < 4.78 is 19.1. The maximum absolute atomic E-state index is 6.53. The van der Waals surface area contributed by atoms with E-state index in [0.717, 1.165) is 78.2 Å². The fourth-order valence-electron chi connectivity index (χ4n) is 8.95. The molecule has 1 spiro atoms. The molecule has 1 aliphatic heterocycles. The number of rotatable bonds is 4. The number of benzene rings is 8. The Hall–Kier alpha value is -7.50. The molecule has 2 aromatic heterocycles. The second-order valence-corrected chi connectivity index (χ2v) is 14.5. The number of hydrogen-bond donors (Lipinski definition) is 0. The van der Waals surface area contributed by atoms with Crippen LogP contribution in [0.25, 0.3) is 78.5 Å². The van der Waals surface area contributed by atoms with Crippen LogP contribution in [0.1, 0.15) is 22.3 Å². The summed E-state index contributed by atoms with van der Waals surface area (Å²) in [5, 5.41) is 0. The highest BCUT2D eigenvalue weighted by molar-refractivity contribution is 5.91. The minimum atomic E-state index is -0.496. The molecular formula is C51H30N2O3. The zero-order valence-corrected chi connectivity index (χ0v) is 29.9. The van der Waals surface area contributed by atoms with E-state index in [1.807, 2.05) is 54.6 Å². The number of aromatic nitrogens is 2. The Morgan fingerprint density at radius 3 is 1.46 bits per heavy atom. The van der Waals surface area contributed by atoms with Gasteiger partial charge in [-0.2, -0.15) is 0 Å². The van der Waals surface area contributed by atoms with Crippen LogP contribution in [-0.4, -0.2) is 9.97 Å². The van der Waals surface area contributed by atoms with Crippen LogP contribution in [0.4, 0.5) is 0 Å². The lowest BCUT2D eigenvalue weighted by atomic mass is 9.66. The smallest absolute Gasteiger partial charge is 0.227 e. The average Bonchev–Trinajstić information content (AvgIpc) is 3.98. The molecule has 10 aromatic rings. The van der Waals surface area contributed by atoms with E-state index < -0.39 is 5.41 Å². The number of hydrogen-bond acceptors (Lipinski definition) is 5. The van der Waals surface area contributed by atoms with Gasteiger partial charge in [-0.25, -0.2) is 9.97 Å². The molecule has 12 rings (SSSR count). The number of nitrogens with zero attached hydrogens (tertiary/aromatic N) is 2. The van der Waals surface area contributed by atoms with Gasteiger partial charge in [0.25, 0.3) is 0 Å². The second-order valence-electron chi connectivity index (χ2n) is 14.5. The third-order valence-corrected chi connectivity index (χ3v) is 11.4. The lowest BCUT2D eigenvalue weighted by Gasteiger charge is -2.39. The van der Waals surface area contributed by atoms with Gasteiger partial charge in [-0.15, -0.1) is 0 Å². The first-order chi connectivity index (χ1) is 27.7. The average molecular weight is 719 g/mol. The van der Waals surface area contributed by atoms with Gasteiger partial charge in [-0.3, -0.25) is 0 Å². The molecule has 8 aromatic carbocycles. The summed E-state index contributed by atoms with van der Waals surface area (Å²) in [5.41, 5.74) is 15.9. The summed E-state index contributed by atoms with van der Waals surface area (Å²) in [7, 11) is 0. The van der Waals surface area contributed by atoms with Gasteiger partial charge in [0.15, 0.2) is 11.2 Å². The normalized spacial score (nSPS) is 13.3. The van der Waals surface area contributed by atoms with Crippen LogP contribution in [0.3, 0.4) is 0 Å². The van der Waals surface area contributed by atoms with Crippen molar-refractivity contribution in [1.29, 1.82) is 0 Å². The Bertz CT molecular complexity index is 3000. The third kappa shape index (κ3) is 4.49. The van der Waals surface area contributed by atoms with Crippen molar-refractivity contribution in [1.82, 2.24) is 9.97 Å². The summed E-state index contributed by atoms with van der Waals surface area (Å²) >= 11 is 0. The predicted molar refractivity (Wildman–Crippen MR) is 221 cm³/mol. The van der Waals surface area contributed by atoms with Crippen molar-refractivity contribution in [3.8, 4) is 67.8 Å². The molecule has 0 radical (unpaired) electrons. The number of para-hydroxylation sites is 6. The summed E-state index contributed by atoms with van der Waals surface area (Å²) in [6.07, 6.45) is 0. The Kier molecular flexibility index (Phi) is 6.48. The molecular weight excluding hydrogens is 689 g/mol. The Labute approximate surface area is 322 Å². The molecule has 0 N–H and O–H groups in total. The van der Waals surface area contributed by atoms with Gasteiger partial charge in [-0.1, -0.05) is 115 Å². The van der Waals surface area contributed by atoms with Crippen molar-refractivity contribution >= 4 is 22.2 Å². The van der Waals surface area contributed by atoms with E-state index in [4.69, 9.17) is 23.5 Å². The standard InChI is InChI=1S/C51H30N2O3/c1-2-15-39-37(14-1)38-30-33(24-25-40(38)51(39)41-16-3-7-20-45(41)54-46-21-8-4-17-42(46)51)31-12-11-13-32(26-31)34-27-35(49-52-43-18-5-9-22-47(43)55-49)29-36(28-34)50-53-44-19-6-10-23-48(44)56-50/h1-30H. The first-order valence-corrected chi connectivity index (χ1v) is 18.8. The maximum atomic E-state index is 6.53. The molecule has 1 aliphatic carbocycles. The zero-order chi connectivity index (χ0) is 36.8. The molecule has 0 atom stereocenters. The van der Waals surface area contributed by atoms with Gasteiger partial charge in [0.1, 0.15) is 22.5 Å². The number of fused-ring (bicyclic) bond motifs is 11. The molecule has 262 valence electrons. The van der Waals surface area contributed by atoms with Crippen LogP contribution < -0.4 is 4.74 Å². The van der Waals surface area contributed by atoms with Gasteiger partial charge in [-0.05, 0) is 111 Å². The van der Waals surface area contributed by atoms with Gasteiger partial charge >= 0.3 is 0 Å². The third-order valence-electron chi connectivity index (χ3n) is 11.4. The SMILES string of the molecule is c1cc(-c2cc(-c3nc4ccccc4o3)cc(-c3nc4ccccc4o3)c2)cc(-c2ccc3c(c2)-c2ccccc2C32c3ccccc3Oc3ccccc32)c1. The predicted octanol–water partition coefficient (Wildman–Crippen LogP) is 13.1. The highest BCUT2D eigenvalue weighted by Crippen LogP contribution is 2.62. The molecule has 0 bridgehead atoms. The lowest BCUT2D eigenvalue weighted by Crippen LogP contribution is -2.32. The molecule has 5 nitrogen and oxygen atoms in total. The number of oxazole rings is 2. The summed E-state index contributed by atoms with van der Waals surface area (Å²) in [4.78, 5) is 9.70. The molecule has 0 amide bonds. The Balaban J connectivity index is 1.02. The van der Waals surface area contributed by atoms with Gasteiger partial charge in [0, 0.05) is 22.3 Å². The van der Waals surface area contributed by atoms with E-state index in [2.05, 4.69) is 127 Å². The van der Waals surface area contributed by atoms with Crippen molar-refractivity contribution in [3.05, 3.63) is 204 Å². The molecule has 0 saturated heterocycles. The molecule has 3 heterocycles. The fourth-order valence-corrected chi connectivity index (χ4v) is 8.95. The van der Waals surface area contributed by atoms with Gasteiger partial charge < -0.3 is 13.6 Å². The monoisotopic (exact) mass is 718 g/mol. The second kappa shape index (κ2) is 11.7. The summed E-state index contributed by atoms with van der Waals surface area (Å²) in [6.45, 7) is 0. The van der Waals surface area contributed by atoms with E-state index >= 15 is 0 Å². The quantitative estimate of drug-likeness (QED) is 0.181. The highest BCUT2D eigenvalue weighted by atomic mass is 16.5. The van der Waals surface area contributed by atoms with Crippen molar-refractivity contribution in [2.45, 2.75) is 5.41 Å². The van der Waals surface area contributed by atoms with Crippen LogP contribution in [0.2, 0.25) is 0 Å². The zero-order valence-electron chi connectivity index (χ0n) is 29.9. The van der Waals surface area contributed by atoms with Gasteiger partial charge in [0.05, 0.1) is 5.41 Å². The van der Waals surface area contributed by atoms with E-state index in [9.17, 15) is 0 Å². The molecule has 5 heteroatoms. The minimum absolute atomic E-state index is 0.496. The minimum Gasteiger partial charge on any atom is -0.457 e. The van der Waals surface area contributed by atoms with Crippen molar-refractivity contribution in [2.24, 2.45) is 0 Å². The highest BCUT2D eigenvalue weighted by Gasteiger charge is 2.50. The van der Waals surface area contributed by atoms with Gasteiger partial charge in [0.2, 0.25) is 11.8 Å².